The Balaban J connectivity index is 2.23. The number of nitrogens with zero attached hydrogens (tertiary/aromatic N) is 2. The van der Waals surface area contributed by atoms with Crippen molar-refractivity contribution < 1.29 is 14.3 Å². The van der Waals surface area contributed by atoms with Crippen LogP contribution in [0.2, 0.25) is 0 Å². The number of Topliss-reactive ketones (excluding diaryl/α,β-unsaturated/α-hetero) is 1. The number of carbonyl (C=O) groups excluding carboxylic acids is 1. The molecule has 0 aliphatic rings. The Labute approximate surface area is 113 Å². The zero-order valence-corrected chi connectivity index (χ0v) is 11.6. The van der Waals surface area contributed by atoms with Crippen LogP contribution in [0.5, 0.6) is 5.75 Å². The molecule has 1 rings (SSSR count). The van der Waals surface area contributed by atoms with E-state index in [1.807, 2.05) is 0 Å². The van der Waals surface area contributed by atoms with Crippen LogP contribution in [0, 0.1) is 6.92 Å². The Morgan fingerprint density at radius 2 is 2.05 bits per heavy atom. The van der Waals surface area contributed by atoms with Gasteiger partial charge in [0.2, 0.25) is 0 Å². The average Bonchev–Trinajstić information content (AvgIpc) is 2.43. The molecule has 19 heavy (non-hydrogen) atoms. The van der Waals surface area contributed by atoms with E-state index in [0.29, 0.717) is 31.0 Å². The summed E-state index contributed by atoms with van der Waals surface area (Å²) in [6.45, 7) is 4.02. The Hall–Kier alpha value is -1.53. The molecule has 6 heteroatoms. The van der Waals surface area contributed by atoms with E-state index in [0.717, 1.165) is 0 Å². The number of rotatable bonds is 8. The Kier molecular flexibility index (Phi) is 6.38. The Bertz CT molecular complexity index is 395. The molecule has 0 amide bonds. The molecule has 106 valence electrons. The fourth-order valence-corrected chi connectivity index (χ4v) is 1.47. The minimum absolute atomic E-state index is 0.0156. The van der Waals surface area contributed by atoms with Crippen LogP contribution in [0.3, 0.4) is 0 Å². The number of ether oxygens (including phenoxy) is 2. The van der Waals surface area contributed by atoms with Crippen LogP contribution in [0.1, 0.15) is 25.6 Å². The summed E-state index contributed by atoms with van der Waals surface area (Å²) in [5, 5.41) is 0. The van der Waals surface area contributed by atoms with Crippen molar-refractivity contribution in [1.82, 2.24) is 9.97 Å². The van der Waals surface area contributed by atoms with Crippen molar-refractivity contribution in [3.63, 3.8) is 0 Å². The minimum atomic E-state index is -0.576. The molecule has 1 aromatic rings. The third-order valence-corrected chi connectivity index (χ3v) is 2.84. The lowest BCUT2D eigenvalue weighted by Crippen LogP contribution is -2.41. The van der Waals surface area contributed by atoms with E-state index in [4.69, 9.17) is 15.2 Å². The van der Waals surface area contributed by atoms with Gasteiger partial charge in [-0.25, -0.2) is 9.97 Å². The molecule has 1 aromatic heterocycles. The first kappa shape index (κ1) is 15.5. The second-order valence-corrected chi connectivity index (χ2v) is 4.35. The molecule has 0 radical (unpaired) electrons. The summed E-state index contributed by atoms with van der Waals surface area (Å²) in [7, 11) is 1.54. The van der Waals surface area contributed by atoms with Gasteiger partial charge in [-0.1, -0.05) is 0 Å². The molecule has 0 fully saturated rings. The summed E-state index contributed by atoms with van der Waals surface area (Å²) in [5.74, 6) is 1.28. The smallest absolute Gasteiger partial charge is 0.155 e. The first-order chi connectivity index (χ1) is 9.04. The molecule has 0 aliphatic carbocycles. The van der Waals surface area contributed by atoms with Crippen LogP contribution in [0.15, 0.2) is 12.4 Å². The fourth-order valence-electron chi connectivity index (χ4n) is 1.47. The Morgan fingerprint density at radius 1 is 1.42 bits per heavy atom. The van der Waals surface area contributed by atoms with Crippen LogP contribution in [0.4, 0.5) is 0 Å². The maximum Gasteiger partial charge on any atom is 0.155 e. The van der Waals surface area contributed by atoms with Gasteiger partial charge in [-0.15, -0.1) is 0 Å². The van der Waals surface area contributed by atoms with Gasteiger partial charge in [-0.3, -0.25) is 4.79 Å². The lowest BCUT2D eigenvalue weighted by atomic mass is 10.0. The number of carbonyl (C=O) groups is 1. The minimum Gasteiger partial charge on any atom is -0.490 e. The molecular formula is C13H21N3O3. The van der Waals surface area contributed by atoms with Crippen LogP contribution < -0.4 is 10.5 Å². The first-order valence-electron chi connectivity index (χ1n) is 6.27. The molecular weight excluding hydrogens is 246 g/mol. The highest BCUT2D eigenvalue weighted by Gasteiger charge is 2.19. The zero-order chi connectivity index (χ0) is 14.3. The summed E-state index contributed by atoms with van der Waals surface area (Å²) in [4.78, 5) is 19.7. The van der Waals surface area contributed by atoms with Crippen LogP contribution in [-0.4, -0.2) is 41.6 Å². The maximum absolute atomic E-state index is 11.7. The van der Waals surface area contributed by atoms with E-state index < -0.39 is 6.04 Å². The molecule has 0 bridgehead atoms. The van der Waals surface area contributed by atoms with E-state index in [-0.39, 0.29) is 11.9 Å². The molecule has 0 saturated carbocycles. The van der Waals surface area contributed by atoms with Gasteiger partial charge in [0.25, 0.3) is 0 Å². The lowest BCUT2D eigenvalue weighted by molar-refractivity contribution is -0.123. The largest absolute Gasteiger partial charge is 0.490 e. The Morgan fingerprint density at radius 3 is 2.63 bits per heavy atom. The van der Waals surface area contributed by atoms with Crippen molar-refractivity contribution in [2.45, 2.75) is 38.8 Å². The number of nitrogens with two attached hydrogens (primary N) is 1. The first-order valence-corrected chi connectivity index (χ1v) is 6.27. The molecule has 0 aliphatic heterocycles. The predicted molar refractivity (Wildman–Crippen MR) is 71.0 cm³/mol. The van der Waals surface area contributed by atoms with Crippen molar-refractivity contribution in [2.24, 2.45) is 5.73 Å². The predicted octanol–water partition coefficient (Wildman–Crippen LogP) is 0.875. The van der Waals surface area contributed by atoms with Gasteiger partial charge in [0.05, 0.1) is 31.1 Å². The van der Waals surface area contributed by atoms with Gasteiger partial charge in [-0.2, -0.15) is 0 Å². The van der Waals surface area contributed by atoms with Gasteiger partial charge in [-0.05, 0) is 20.3 Å². The third-order valence-electron chi connectivity index (χ3n) is 2.84. The summed E-state index contributed by atoms with van der Waals surface area (Å²) >= 11 is 0. The van der Waals surface area contributed by atoms with E-state index in [1.54, 1.807) is 26.2 Å². The van der Waals surface area contributed by atoms with Crippen molar-refractivity contribution in [3.05, 3.63) is 18.2 Å². The summed E-state index contributed by atoms with van der Waals surface area (Å²) in [5.41, 5.74) is 5.75. The molecule has 0 unspecified atom stereocenters. The van der Waals surface area contributed by atoms with Crippen LogP contribution in [0.25, 0.3) is 0 Å². The maximum atomic E-state index is 11.7. The van der Waals surface area contributed by atoms with Crippen molar-refractivity contribution >= 4 is 5.78 Å². The standard InChI is InChI=1S/C13H21N3O3/c1-9(18-3)13(14)12(17)5-4-6-19-11-7-15-10(2)16-8-11/h7-9,13H,4-6,14H2,1-3H3/t9-,13-/m0/s1. The van der Waals surface area contributed by atoms with E-state index in [2.05, 4.69) is 9.97 Å². The van der Waals surface area contributed by atoms with Gasteiger partial charge in [0.1, 0.15) is 5.82 Å². The van der Waals surface area contributed by atoms with Crippen molar-refractivity contribution in [2.75, 3.05) is 13.7 Å². The van der Waals surface area contributed by atoms with Crippen molar-refractivity contribution in [1.29, 1.82) is 0 Å². The molecule has 0 spiro atoms. The number of hydrogen-bond acceptors (Lipinski definition) is 6. The SMILES string of the molecule is CO[C@@H](C)[C@H](N)C(=O)CCCOc1cnc(C)nc1. The highest BCUT2D eigenvalue weighted by Crippen LogP contribution is 2.07. The van der Waals surface area contributed by atoms with Crippen molar-refractivity contribution in [3.8, 4) is 5.75 Å². The summed E-state index contributed by atoms with van der Waals surface area (Å²) < 4.78 is 10.5. The highest BCUT2D eigenvalue weighted by molar-refractivity contribution is 5.84. The number of ketones is 1. The van der Waals surface area contributed by atoms with Gasteiger partial charge in [0, 0.05) is 13.5 Å². The molecule has 0 aromatic carbocycles. The quantitative estimate of drug-likeness (QED) is 0.703. The number of aromatic nitrogens is 2. The number of aryl methyl sites for hydroxylation is 1. The summed E-state index contributed by atoms with van der Waals surface area (Å²) in [6, 6.07) is -0.576. The average molecular weight is 267 g/mol. The number of hydrogen-bond donors (Lipinski definition) is 1. The highest BCUT2D eigenvalue weighted by atomic mass is 16.5. The second kappa shape index (κ2) is 7.81. The molecule has 6 nitrogen and oxygen atoms in total. The molecule has 2 N–H and O–H groups in total. The van der Waals surface area contributed by atoms with Crippen LogP contribution in [-0.2, 0) is 9.53 Å². The van der Waals surface area contributed by atoms with E-state index in [1.165, 1.54) is 7.11 Å². The van der Waals surface area contributed by atoms with E-state index in [9.17, 15) is 4.79 Å². The molecule has 1 heterocycles. The number of methoxy groups -OCH3 is 1. The van der Waals surface area contributed by atoms with Crippen LogP contribution >= 0.6 is 0 Å². The zero-order valence-electron chi connectivity index (χ0n) is 11.6. The molecule has 2 atom stereocenters. The van der Waals surface area contributed by atoms with Gasteiger partial charge in [0.15, 0.2) is 11.5 Å². The third kappa shape index (κ3) is 5.32. The fraction of sp³-hybridized carbons (Fsp3) is 0.615. The lowest BCUT2D eigenvalue weighted by Gasteiger charge is -2.16. The topological polar surface area (TPSA) is 87.3 Å². The normalized spacial score (nSPS) is 13.9. The monoisotopic (exact) mass is 267 g/mol. The van der Waals surface area contributed by atoms with Gasteiger partial charge >= 0.3 is 0 Å². The summed E-state index contributed by atoms with van der Waals surface area (Å²) in [6.07, 6.45) is 3.95. The van der Waals surface area contributed by atoms with Gasteiger partial charge < -0.3 is 15.2 Å². The second-order valence-electron chi connectivity index (χ2n) is 4.35. The van der Waals surface area contributed by atoms with E-state index >= 15 is 0 Å². The molecule has 0 saturated heterocycles.